The van der Waals surface area contributed by atoms with Crippen LogP contribution in [-0.2, 0) is 4.43 Å². The van der Waals surface area contributed by atoms with Crippen molar-refractivity contribution in [3.63, 3.8) is 0 Å². The van der Waals surface area contributed by atoms with Crippen LogP contribution < -0.4 is 23.7 Å². The Kier molecular flexibility index (Phi) is 8.49. The van der Waals surface area contributed by atoms with Crippen LogP contribution in [0.25, 0.3) is 11.1 Å². The summed E-state index contributed by atoms with van der Waals surface area (Å²) in [4.78, 5) is 0. The number of hydrogen-bond donors (Lipinski definition) is 1. The van der Waals surface area contributed by atoms with Gasteiger partial charge >= 0.3 is 0 Å². The summed E-state index contributed by atoms with van der Waals surface area (Å²) in [6, 6.07) is 9.48. The molecule has 0 radical (unpaired) electrons. The molecule has 0 bridgehead atoms. The molecule has 0 fully saturated rings. The standard InChI is InChI=1S/C28H39NO7Si/c1-28(2,3)37(9,10)36-22-16-19(29-30)25(18-14-23(33-6)27(35-8)24(15-18)34-7)26(22)17-11-12-20(31-4)21(13-17)32-5/h11-15,22,30H,16H2,1-10H3/b29-19+. The number of rotatable bonds is 9. The predicted octanol–water partition coefficient (Wildman–Crippen LogP) is 6.26. The number of methoxy groups -OCH3 is 5. The zero-order valence-electron chi connectivity index (χ0n) is 23.5. The van der Waals surface area contributed by atoms with Gasteiger partial charge in [-0.3, -0.25) is 0 Å². The van der Waals surface area contributed by atoms with E-state index in [0.29, 0.717) is 40.9 Å². The number of hydrogen-bond acceptors (Lipinski definition) is 8. The Morgan fingerprint density at radius 2 is 1.32 bits per heavy atom. The van der Waals surface area contributed by atoms with E-state index in [1.54, 1.807) is 35.5 Å². The molecule has 0 saturated heterocycles. The number of ether oxygens (including phenoxy) is 5. The highest BCUT2D eigenvalue weighted by molar-refractivity contribution is 6.74. The predicted molar refractivity (Wildman–Crippen MR) is 148 cm³/mol. The van der Waals surface area contributed by atoms with Gasteiger partial charge in [-0.05, 0) is 59.1 Å². The van der Waals surface area contributed by atoms with Crippen molar-refractivity contribution < 1.29 is 33.3 Å². The molecular formula is C28H39NO7Si. The van der Waals surface area contributed by atoms with Crippen LogP contribution in [0.2, 0.25) is 18.1 Å². The molecule has 2 aromatic rings. The maximum Gasteiger partial charge on any atom is 0.203 e. The molecule has 1 aliphatic rings. The number of oxime groups is 1. The fourth-order valence-corrected chi connectivity index (χ4v) is 5.57. The van der Waals surface area contributed by atoms with Gasteiger partial charge in [0, 0.05) is 12.0 Å². The largest absolute Gasteiger partial charge is 0.493 e. The summed E-state index contributed by atoms with van der Waals surface area (Å²) in [5, 5.41) is 13.9. The van der Waals surface area contributed by atoms with E-state index >= 15 is 0 Å². The van der Waals surface area contributed by atoms with Crippen LogP contribution in [0, 0.1) is 0 Å². The highest BCUT2D eigenvalue weighted by atomic mass is 28.4. The van der Waals surface area contributed by atoms with Crippen LogP contribution in [0.4, 0.5) is 0 Å². The zero-order valence-corrected chi connectivity index (χ0v) is 24.5. The smallest absolute Gasteiger partial charge is 0.203 e. The van der Waals surface area contributed by atoms with E-state index in [4.69, 9.17) is 28.1 Å². The van der Waals surface area contributed by atoms with E-state index in [1.807, 2.05) is 30.3 Å². The molecule has 37 heavy (non-hydrogen) atoms. The Morgan fingerprint density at radius 3 is 1.78 bits per heavy atom. The Balaban J connectivity index is 2.36. The van der Waals surface area contributed by atoms with Crippen LogP contribution in [-0.4, -0.2) is 60.9 Å². The van der Waals surface area contributed by atoms with Gasteiger partial charge in [-0.1, -0.05) is 32.0 Å². The monoisotopic (exact) mass is 529 g/mol. The molecule has 0 spiro atoms. The Bertz CT molecular complexity index is 1170. The van der Waals surface area contributed by atoms with Crippen molar-refractivity contribution >= 4 is 25.2 Å². The summed E-state index contributed by atoms with van der Waals surface area (Å²) in [5.41, 5.74) is 3.80. The van der Waals surface area contributed by atoms with Crippen molar-refractivity contribution in [2.24, 2.45) is 5.16 Å². The number of allylic oxidation sites excluding steroid dienone is 1. The molecule has 202 valence electrons. The highest BCUT2D eigenvalue weighted by Gasteiger charge is 2.43. The second-order valence-electron chi connectivity index (χ2n) is 10.4. The Hall–Kier alpha value is -3.17. The summed E-state index contributed by atoms with van der Waals surface area (Å²) in [5.74, 6) is 2.70. The lowest BCUT2D eigenvalue weighted by atomic mass is 9.94. The first kappa shape index (κ1) is 28.4. The van der Waals surface area contributed by atoms with Crippen molar-refractivity contribution in [3.05, 3.63) is 41.5 Å². The highest BCUT2D eigenvalue weighted by Crippen LogP contribution is 2.48. The minimum atomic E-state index is -2.20. The van der Waals surface area contributed by atoms with Gasteiger partial charge in [0.2, 0.25) is 5.75 Å². The molecule has 1 N–H and O–H groups in total. The lowest BCUT2D eigenvalue weighted by Crippen LogP contribution is -2.43. The summed E-state index contributed by atoms with van der Waals surface area (Å²) in [6.07, 6.45) is 0.0811. The molecule has 0 heterocycles. The molecular weight excluding hydrogens is 490 g/mol. The summed E-state index contributed by atoms with van der Waals surface area (Å²) in [7, 11) is 5.72. The minimum Gasteiger partial charge on any atom is -0.493 e. The van der Waals surface area contributed by atoms with Crippen molar-refractivity contribution in [2.75, 3.05) is 35.5 Å². The van der Waals surface area contributed by atoms with E-state index < -0.39 is 8.32 Å². The molecule has 1 unspecified atom stereocenters. The molecule has 1 atom stereocenters. The first-order chi connectivity index (χ1) is 17.5. The number of nitrogens with zero attached hydrogens (tertiary/aromatic N) is 1. The second-order valence-corrected chi connectivity index (χ2v) is 15.1. The first-order valence-electron chi connectivity index (χ1n) is 12.1. The fourth-order valence-electron chi connectivity index (χ4n) is 4.30. The average Bonchev–Trinajstić information content (AvgIpc) is 3.23. The van der Waals surface area contributed by atoms with Gasteiger partial charge in [0.1, 0.15) is 0 Å². The Labute approximate surface area is 220 Å². The van der Waals surface area contributed by atoms with E-state index in [-0.39, 0.29) is 11.1 Å². The van der Waals surface area contributed by atoms with E-state index in [0.717, 1.165) is 22.3 Å². The second kappa shape index (κ2) is 11.1. The average molecular weight is 530 g/mol. The van der Waals surface area contributed by atoms with Crippen LogP contribution in [0.5, 0.6) is 28.7 Å². The van der Waals surface area contributed by atoms with E-state index in [9.17, 15) is 5.21 Å². The summed E-state index contributed by atoms with van der Waals surface area (Å²) in [6.45, 7) is 11.0. The van der Waals surface area contributed by atoms with Crippen LogP contribution >= 0.6 is 0 Å². The van der Waals surface area contributed by atoms with Gasteiger partial charge in [-0.25, -0.2) is 0 Å². The van der Waals surface area contributed by atoms with Crippen LogP contribution in [0.1, 0.15) is 38.3 Å². The lowest BCUT2D eigenvalue weighted by Gasteiger charge is -2.39. The van der Waals surface area contributed by atoms with Crippen LogP contribution in [0.15, 0.2) is 35.5 Å². The van der Waals surface area contributed by atoms with Gasteiger partial charge in [0.05, 0.1) is 47.4 Å². The molecule has 8 nitrogen and oxygen atoms in total. The summed E-state index contributed by atoms with van der Waals surface area (Å²) >= 11 is 0. The zero-order chi connectivity index (χ0) is 27.5. The third kappa shape index (κ3) is 5.43. The van der Waals surface area contributed by atoms with Gasteiger partial charge in [-0.2, -0.15) is 0 Å². The van der Waals surface area contributed by atoms with Crippen molar-refractivity contribution in [2.45, 2.75) is 51.4 Å². The fraction of sp³-hybridized carbons (Fsp3) is 0.464. The molecule has 0 aromatic heterocycles. The van der Waals surface area contributed by atoms with Crippen LogP contribution in [0.3, 0.4) is 0 Å². The maximum atomic E-state index is 10.2. The SMILES string of the molecule is COc1ccc(C2=C(c3cc(OC)c(OC)c(OC)c3)/C(=N/O)CC2O[Si](C)(C)C(C)(C)C)cc1OC. The summed E-state index contributed by atoms with van der Waals surface area (Å²) < 4.78 is 34.8. The van der Waals surface area contributed by atoms with Gasteiger partial charge in [-0.15, -0.1) is 0 Å². The molecule has 9 heteroatoms. The van der Waals surface area contributed by atoms with Gasteiger partial charge in [0.15, 0.2) is 31.3 Å². The molecule has 0 aliphatic heterocycles. The lowest BCUT2D eigenvalue weighted by molar-refractivity contribution is 0.241. The van der Waals surface area contributed by atoms with Crippen molar-refractivity contribution in [1.29, 1.82) is 0 Å². The normalized spacial score (nSPS) is 17.2. The van der Waals surface area contributed by atoms with Crippen molar-refractivity contribution in [3.8, 4) is 28.7 Å². The molecule has 3 rings (SSSR count). The topological polar surface area (TPSA) is 88.0 Å². The maximum absolute atomic E-state index is 10.2. The third-order valence-electron chi connectivity index (χ3n) is 7.27. The third-order valence-corrected chi connectivity index (χ3v) is 11.8. The molecule has 0 saturated carbocycles. The Morgan fingerprint density at radius 1 is 0.784 bits per heavy atom. The molecule has 2 aromatic carbocycles. The van der Waals surface area contributed by atoms with Crippen molar-refractivity contribution in [1.82, 2.24) is 0 Å². The molecule has 0 amide bonds. The quantitative estimate of drug-likeness (QED) is 0.233. The van der Waals surface area contributed by atoms with Gasteiger partial charge < -0.3 is 33.3 Å². The minimum absolute atomic E-state index is 0.0124. The van der Waals surface area contributed by atoms with E-state index in [1.165, 1.54) is 0 Å². The molecule has 1 aliphatic carbocycles. The first-order valence-corrected chi connectivity index (χ1v) is 15.0. The number of benzene rings is 2. The van der Waals surface area contributed by atoms with E-state index in [2.05, 4.69) is 39.0 Å². The van der Waals surface area contributed by atoms with Gasteiger partial charge in [0.25, 0.3) is 0 Å².